The zero-order valence-electron chi connectivity index (χ0n) is 14.8. The highest BCUT2D eigenvalue weighted by atomic mass is 16.2. The summed E-state index contributed by atoms with van der Waals surface area (Å²) < 4.78 is 0. The topological polar surface area (TPSA) is 75.4 Å². The van der Waals surface area contributed by atoms with Gasteiger partial charge in [-0.1, -0.05) is 26.7 Å². The van der Waals surface area contributed by atoms with Gasteiger partial charge in [-0.3, -0.25) is 9.59 Å². The zero-order chi connectivity index (χ0) is 17.6. The smallest absolute Gasteiger partial charge is 0.253 e. The van der Waals surface area contributed by atoms with E-state index in [0.29, 0.717) is 11.3 Å². The molecule has 1 saturated carbocycles. The lowest BCUT2D eigenvalue weighted by Crippen LogP contribution is -2.48. The van der Waals surface area contributed by atoms with Gasteiger partial charge < -0.3 is 16.0 Å². The minimum atomic E-state index is -0.743. The summed E-state index contributed by atoms with van der Waals surface area (Å²) in [4.78, 5) is 26.7. The summed E-state index contributed by atoms with van der Waals surface area (Å²) in [5, 5.41) is 2.88. The molecule has 0 atom stereocenters. The minimum Gasteiger partial charge on any atom is -0.339 e. The first-order valence-electron chi connectivity index (χ1n) is 9.00. The van der Waals surface area contributed by atoms with E-state index in [4.69, 9.17) is 5.73 Å². The highest BCUT2D eigenvalue weighted by Crippen LogP contribution is 2.28. The number of hydrogen-bond donors (Lipinski definition) is 2. The molecule has 5 nitrogen and oxygen atoms in total. The third kappa shape index (κ3) is 4.35. The van der Waals surface area contributed by atoms with E-state index in [0.717, 1.165) is 51.6 Å². The fourth-order valence-corrected chi connectivity index (χ4v) is 3.22. The Hall–Kier alpha value is -1.88. The van der Waals surface area contributed by atoms with Crippen LogP contribution in [0.25, 0.3) is 0 Å². The molecule has 132 valence electrons. The molecule has 0 bridgehead atoms. The Kier molecular flexibility index (Phi) is 6.37. The number of anilines is 1. The van der Waals surface area contributed by atoms with E-state index in [1.165, 1.54) is 0 Å². The van der Waals surface area contributed by atoms with Crippen LogP contribution in [-0.4, -0.2) is 35.3 Å². The Labute approximate surface area is 144 Å². The van der Waals surface area contributed by atoms with Gasteiger partial charge in [-0.05, 0) is 49.9 Å². The van der Waals surface area contributed by atoms with Crippen molar-refractivity contribution in [3.63, 3.8) is 0 Å². The van der Waals surface area contributed by atoms with Crippen LogP contribution in [-0.2, 0) is 4.79 Å². The average molecular weight is 331 g/mol. The van der Waals surface area contributed by atoms with Crippen molar-refractivity contribution in [3.8, 4) is 0 Å². The Morgan fingerprint density at radius 3 is 2.12 bits per heavy atom. The molecule has 0 spiro atoms. The van der Waals surface area contributed by atoms with Gasteiger partial charge in [0.25, 0.3) is 5.91 Å². The van der Waals surface area contributed by atoms with Crippen LogP contribution in [0.2, 0.25) is 0 Å². The van der Waals surface area contributed by atoms with Crippen molar-refractivity contribution in [3.05, 3.63) is 29.8 Å². The monoisotopic (exact) mass is 331 g/mol. The van der Waals surface area contributed by atoms with Crippen LogP contribution >= 0.6 is 0 Å². The van der Waals surface area contributed by atoms with Crippen LogP contribution in [0.1, 0.15) is 62.7 Å². The van der Waals surface area contributed by atoms with Gasteiger partial charge in [-0.25, -0.2) is 0 Å². The van der Waals surface area contributed by atoms with Crippen molar-refractivity contribution in [2.45, 2.75) is 57.9 Å². The number of amides is 2. The SMILES string of the molecule is CCCN(CCC)C(=O)c1ccc(NC(=O)C2(N)CCCC2)cc1. The Morgan fingerprint density at radius 1 is 1.08 bits per heavy atom. The van der Waals surface area contributed by atoms with E-state index in [2.05, 4.69) is 19.2 Å². The molecule has 1 aromatic rings. The van der Waals surface area contributed by atoms with E-state index in [1.54, 1.807) is 24.3 Å². The Balaban J connectivity index is 2.01. The molecule has 3 N–H and O–H groups in total. The average Bonchev–Trinajstić information content (AvgIpc) is 3.03. The maximum Gasteiger partial charge on any atom is 0.253 e. The van der Waals surface area contributed by atoms with Gasteiger partial charge in [-0.2, -0.15) is 0 Å². The Bertz CT molecular complexity index is 556. The van der Waals surface area contributed by atoms with E-state index in [9.17, 15) is 9.59 Å². The maximum atomic E-state index is 12.5. The second-order valence-electron chi connectivity index (χ2n) is 6.69. The highest BCUT2D eigenvalue weighted by molar-refractivity contribution is 5.99. The molecule has 5 heteroatoms. The molecule has 0 heterocycles. The van der Waals surface area contributed by atoms with Crippen LogP contribution in [0.5, 0.6) is 0 Å². The fourth-order valence-electron chi connectivity index (χ4n) is 3.22. The third-order valence-corrected chi connectivity index (χ3v) is 4.61. The number of nitrogens with two attached hydrogens (primary N) is 1. The summed E-state index contributed by atoms with van der Waals surface area (Å²) in [5.41, 5.74) is 6.76. The molecule has 2 rings (SSSR count). The lowest BCUT2D eigenvalue weighted by Gasteiger charge is -2.23. The van der Waals surface area contributed by atoms with E-state index < -0.39 is 5.54 Å². The van der Waals surface area contributed by atoms with Gasteiger partial charge in [0.1, 0.15) is 0 Å². The lowest BCUT2D eigenvalue weighted by molar-refractivity contribution is -0.121. The minimum absolute atomic E-state index is 0.0441. The number of nitrogens with zero attached hydrogens (tertiary/aromatic N) is 1. The predicted octanol–water partition coefficient (Wildman–Crippen LogP) is 3.16. The number of rotatable bonds is 7. The summed E-state index contributed by atoms with van der Waals surface area (Å²) in [7, 11) is 0. The van der Waals surface area contributed by atoms with Gasteiger partial charge in [-0.15, -0.1) is 0 Å². The molecule has 0 aliphatic heterocycles. The first-order chi connectivity index (χ1) is 11.5. The first-order valence-corrected chi connectivity index (χ1v) is 9.00. The van der Waals surface area contributed by atoms with Crippen molar-refractivity contribution in [2.75, 3.05) is 18.4 Å². The summed E-state index contributed by atoms with van der Waals surface area (Å²) in [6.45, 7) is 5.67. The van der Waals surface area contributed by atoms with E-state index in [-0.39, 0.29) is 11.8 Å². The molecule has 1 fully saturated rings. The van der Waals surface area contributed by atoms with Crippen molar-refractivity contribution in [1.29, 1.82) is 0 Å². The third-order valence-electron chi connectivity index (χ3n) is 4.61. The molecule has 24 heavy (non-hydrogen) atoms. The van der Waals surface area contributed by atoms with E-state index >= 15 is 0 Å². The largest absolute Gasteiger partial charge is 0.339 e. The molecule has 0 unspecified atom stereocenters. The molecular weight excluding hydrogens is 302 g/mol. The number of hydrogen-bond acceptors (Lipinski definition) is 3. The second-order valence-corrected chi connectivity index (χ2v) is 6.69. The van der Waals surface area contributed by atoms with Crippen LogP contribution in [0.15, 0.2) is 24.3 Å². The van der Waals surface area contributed by atoms with Gasteiger partial charge in [0.05, 0.1) is 5.54 Å². The van der Waals surface area contributed by atoms with Crippen LogP contribution in [0.3, 0.4) is 0 Å². The summed E-state index contributed by atoms with van der Waals surface area (Å²) in [5.74, 6) is -0.0830. The maximum absolute atomic E-state index is 12.5. The number of nitrogens with one attached hydrogen (secondary N) is 1. The van der Waals surface area contributed by atoms with Gasteiger partial charge in [0, 0.05) is 24.3 Å². The van der Waals surface area contributed by atoms with E-state index in [1.807, 2.05) is 4.90 Å². The standard InChI is InChI=1S/C19H29N3O2/c1-3-13-22(14-4-2)17(23)15-7-9-16(10-8-15)21-18(24)19(20)11-5-6-12-19/h7-10H,3-6,11-14,20H2,1-2H3,(H,21,24). The molecule has 1 aliphatic rings. The van der Waals surface area contributed by atoms with Gasteiger partial charge in [0.15, 0.2) is 0 Å². The van der Waals surface area contributed by atoms with Crippen molar-refractivity contribution in [2.24, 2.45) is 5.73 Å². The molecule has 0 aromatic heterocycles. The first kappa shape index (κ1) is 18.5. The van der Waals surface area contributed by atoms with Gasteiger partial charge in [0.2, 0.25) is 5.91 Å². The normalized spacial score (nSPS) is 16.0. The fraction of sp³-hybridized carbons (Fsp3) is 0.579. The number of carbonyl (C=O) groups excluding carboxylic acids is 2. The lowest BCUT2D eigenvalue weighted by atomic mass is 9.98. The summed E-state index contributed by atoms with van der Waals surface area (Å²) >= 11 is 0. The molecule has 1 aromatic carbocycles. The van der Waals surface area contributed by atoms with Crippen LogP contribution in [0, 0.1) is 0 Å². The Morgan fingerprint density at radius 2 is 1.62 bits per heavy atom. The molecule has 1 aliphatic carbocycles. The van der Waals surface area contributed by atoms with Crippen molar-refractivity contribution in [1.82, 2.24) is 4.90 Å². The van der Waals surface area contributed by atoms with Crippen LogP contribution < -0.4 is 11.1 Å². The summed E-state index contributed by atoms with van der Waals surface area (Å²) in [6.07, 6.45) is 5.36. The predicted molar refractivity (Wildman–Crippen MR) is 96.9 cm³/mol. The molecular formula is C19H29N3O2. The summed E-state index contributed by atoms with van der Waals surface area (Å²) in [6, 6.07) is 7.10. The molecule has 0 radical (unpaired) electrons. The number of carbonyl (C=O) groups is 2. The highest BCUT2D eigenvalue weighted by Gasteiger charge is 2.36. The van der Waals surface area contributed by atoms with Crippen LogP contribution in [0.4, 0.5) is 5.69 Å². The second kappa shape index (κ2) is 8.29. The number of benzene rings is 1. The van der Waals surface area contributed by atoms with Gasteiger partial charge >= 0.3 is 0 Å². The van der Waals surface area contributed by atoms with Crippen molar-refractivity contribution < 1.29 is 9.59 Å². The van der Waals surface area contributed by atoms with Crippen molar-refractivity contribution >= 4 is 17.5 Å². The zero-order valence-corrected chi connectivity index (χ0v) is 14.8. The molecule has 2 amide bonds. The quantitative estimate of drug-likeness (QED) is 0.806. The molecule has 0 saturated heterocycles.